The molecule has 1 unspecified atom stereocenters. The summed E-state index contributed by atoms with van der Waals surface area (Å²) in [6.07, 6.45) is 1.25. The van der Waals surface area contributed by atoms with Crippen molar-refractivity contribution in [2.75, 3.05) is 32.2 Å². The molecule has 0 aromatic heterocycles. The lowest BCUT2D eigenvalue weighted by Crippen LogP contribution is -2.25. The van der Waals surface area contributed by atoms with Crippen molar-refractivity contribution in [3.8, 4) is 5.75 Å². The van der Waals surface area contributed by atoms with Gasteiger partial charge in [0.05, 0.1) is 12.4 Å². The molecule has 0 amide bonds. The first-order chi connectivity index (χ1) is 9.73. The molecule has 1 atom stereocenters. The van der Waals surface area contributed by atoms with Gasteiger partial charge >= 0.3 is 0 Å². The Balaban J connectivity index is 2.85. The number of nitrogens with two attached hydrogens (primary N) is 1. The minimum Gasteiger partial charge on any atom is -0.494 e. The van der Waals surface area contributed by atoms with E-state index in [-0.39, 0.29) is 11.8 Å². The van der Waals surface area contributed by atoms with Gasteiger partial charge in [0.2, 0.25) is 0 Å². The molecule has 0 heterocycles. The molecule has 0 saturated carbocycles. The second-order valence-corrected chi connectivity index (χ2v) is 7.72. The first kappa shape index (κ1) is 17.9. The van der Waals surface area contributed by atoms with E-state index in [1.54, 1.807) is 0 Å². The zero-order chi connectivity index (χ0) is 16.0. The lowest BCUT2D eigenvalue weighted by atomic mass is 10.0. The Labute approximate surface area is 128 Å². The van der Waals surface area contributed by atoms with Gasteiger partial charge in [0.15, 0.2) is 0 Å². The fourth-order valence-electron chi connectivity index (χ4n) is 1.99. The molecule has 2 N–H and O–H groups in total. The molecule has 120 valence electrons. The lowest BCUT2D eigenvalue weighted by molar-refractivity contribution is 0.311. The van der Waals surface area contributed by atoms with Crippen LogP contribution in [0.15, 0.2) is 18.2 Å². The highest BCUT2D eigenvalue weighted by molar-refractivity contribution is 7.90. The van der Waals surface area contributed by atoms with Gasteiger partial charge in [-0.25, -0.2) is 8.42 Å². The molecule has 1 rings (SSSR count). The second kappa shape index (κ2) is 7.77. The number of benzene rings is 1. The maximum Gasteiger partial charge on any atom is 0.148 e. The van der Waals surface area contributed by atoms with Crippen LogP contribution in [0, 0.1) is 0 Å². The van der Waals surface area contributed by atoms with Gasteiger partial charge in [-0.1, -0.05) is 6.07 Å². The van der Waals surface area contributed by atoms with Gasteiger partial charge in [-0.2, -0.15) is 0 Å². The largest absolute Gasteiger partial charge is 0.494 e. The summed E-state index contributed by atoms with van der Waals surface area (Å²) in [7, 11) is -1.04. The van der Waals surface area contributed by atoms with E-state index in [0.717, 1.165) is 16.9 Å². The number of sulfone groups is 1. The van der Waals surface area contributed by atoms with Gasteiger partial charge in [-0.15, -0.1) is 0 Å². The number of hydrogen-bond acceptors (Lipinski definition) is 5. The van der Waals surface area contributed by atoms with Crippen LogP contribution in [0.25, 0.3) is 0 Å². The quantitative estimate of drug-likeness (QED) is 0.789. The number of ether oxygens (including phenoxy) is 1. The van der Waals surface area contributed by atoms with Crippen molar-refractivity contribution in [1.82, 2.24) is 4.90 Å². The molecular weight excluding hydrogens is 288 g/mol. The average molecular weight is 314 g/mol. The monoisotopic (exact) mass is 314 g/mol. The van der Waals surface area contributed by atoms with Crippen LogP contribution in [0.2, 0.25) is 0 Å². The molecule has 1 aromatic rings. The number of nitrogens with zero attached hydrogens (tertiary/aromatic N) is 1. The van der Waals surface area contributed by atoms with Gasteiger partial charge in [-0.3, -0.25) is 0 Å². The SMILES string of the molecule is CCOc1ccc(C(C)N)cc1CN(C)CCS(C)(=O)=O. The molecule has 0 aliphatic rings. The highest BCUT2D eigenvalue weighted by Gasteiger charge is 2.11. The highest BCUT2D eigenvalue weighted by atomic mass is 32.2. The number of rotatable bonds is 8. The molecular formula is C15H26N2O3S. The third-order valence-corrected chi connectivity index (χ3v) is 4.12. The van der Waals surface area contributed by atoms with Crippen LogP contribution in [-0.4, -0.2) is 45.5 Å². The Morgan fingerprint density at radius 2 is 2.05 bits per heavy atom. The van der Waals surface area contributed by atoms with Crippen molar-refractivity contribution < 1.29 is 13.2 Å². The molecule has 6 heteroatoms. The molecule has 0 aliphatic carbocycles. The van der Waals surface area contributed by atoms with Gasteiger partial charge in [-0.05, 0) is 38.6 Å². The van der Waals surface area contributed by atoms with Crippen molar-refractivity contribution in [1.29, 1.82) is 0 Å². The van der Waals surface area contributed by atoms with E-state index in [1.165, 1.54) is 6.26 Å². The van der Waals surface area contributed by atoms with Crippen LogP contribution in [0.3, 0.4) is 0 Å². The van der Waals surface area contributed by atoms with E-state index >= 15 is 0 Å². The zero-order valence-corrected chi connectivity index (χ0v) is 14.1. The van der Waals surface area contributed by atoms with E-state index in [2.05, 4.69) is 0 Å². The highest BCUT2D eigenvalue weighted by Crippen LogP contribution is 2.24. The van der Waals surface area contributed by atoms with Crippen molar-refractivity contribution in [2.45, 2.75) is 26.4 Å². The van der Waals surface area contributed by atoms with E-state index in [1.807, 2.05) is 44.0 Å². The molecule has 0 bridgehead atoms. The van der Waals surface area contributed by atoms with Gasteiger partial charge < -0.3 is 15.4 Å². The summed E-state index contributed by atoms with van der Waals surface area (Å²) < 4.78 is 28.1. The molecule has 5 nitrogen and oxygen atoms in total. The van der Waals surface area contributed by atoms with Crippen LogP contribution < -0.4 is 10.5 Å². The third-order valence-electron chi connectivity index (χ3n) is 3.19. The first-order valence-electron chi connectivity index (χ1n) is 7.10. The lowest BCUT2D eigenvalue weighted by Gasteiger charge is -2.20. The third kappa shape index (κ3) is 6.46. The van der Waals surface area contributed by atoms with E-state index in [4.69, 9.17) is 10.5 Å². The van der Waals surface area contributed by atoms with Crippen molar-refractivity contribution >= 4 is 9.84 Å². The maximum absolute atomic E-state index is 11.2. The predicted molar refractivity (Wildman–Crippen MR) is 86.3 cm³/mol. The fourth-order valence-corrected chi connectivity index (χ4v) is 2.64. The zero-order valence-electron chi connectivity index (χ0n) is 13.3. The predicted octanol–water partition coefficient (Wildman–Crippen LogP) is 1.58. The van der Waals surface area contributed by atoms with E-state index in [0.29, 0.717) is 19.7 Å². The summed E-state index contributed by atoms with van der Waals surface area (Å²) in [6.45, 7) is 5.60. The maximum atomic E-state index is 11.2. The summed E-state index contributed by atoms with van der Waals surface area (Å²) in [4.78, 5) is 1.98. The molecule has 21 heavy (non-hydrogen) atoms. The molecule has 0 fully saturated rings. The van der Waals surface area contributed by atoms with Crippen LogP contribution in [0.5, 0.6) is 5.75 Å². The van der Waals surface area contributed by atoms with Crippen LogP contribution in [-0.2, 0) is 16.4 Å². The number of hydrogen-bond donors (Lipinski definition) is 1. The van der Waals surface area contributed by atoms with E-state index < -0.39 is 9.84 Å². The van der Waals surface area contributed by atoms with Crippen molar-refractivity contribution in [3.05, 3.63) is 29.3 Å². The van der Waals surface area contributed by atoms with Gasteiger partial charge in [0.25, 0.3) is 0 Å². The van der Waals surface area contributed by atoms with Gasteiger partial charge in [0, 0.05) is 31.0 Å². The summed E-state index contributed by atoms with van der Waals surface area (Å²) in [5.41, 5.74) is 8.00. The normalized spacial score (nSPS) is 13.4. The van der Waals surface area contributed by atoms with Crippen LogP contribution in [0.1, 0.15) is 31.0 Å². The molecule has 0 saturated heterocycles. The summed E-state index contributed by atoms with van der Waals surface area (Å²) in [5, 5.41) is 0. The standard InChI is InChI=1S/C15H26N2O3S/c1-5-20-15-7-6-13(12(2)16)10-14(15)11-17(3)8-9-21(4,18)19/h6-7,10,12H,5,8-9,11,16H2,1-4H3. The minimum atomic E-state index is -2.95. The van der Waals surface area contributed by atoms with Crippen LogP contribution in [0.4, 0.5) is 0 Å². The first-order valence-corrected chi connectivity index (χ1v) is 9.16. The van der Waals surface area contributed by atoms with Gasteiger partial charge in [0.1, 0.15) is 15.6 Å². The van der Waals surface area contributed by atoms with Crippen molar-refractivity contribution in [2.24, 2.45) is 5.73 Å². The van der Waals surface area contributed by atoms with Crippen molar-refractivity contribution in [3.63, 3.8) is 0 Å². The summed E-state index contributed by atoms with van der Waals surface area (Å²) in [5.74, 6) is 0.980. The smallest absolute Gasteiger partial charge is 0.148 e. The minimum absolute atomic E-state index is 0.0410. The molecule has 0 aliphatic heterocycles. The van der Waals surface area contributed by atoms with Crippen LogP contribution >= 0.6 is 0 Å². The molecule has 0 radical (unpaired) electrons. The second-order valence-electron chi connectivity index (χ2n) is 5.46. The van der Waals surface area contributed by atoms with E-state index in [9.17, 15) is 8.42 Å². The Morgan fingerprint density at radius 3 is 2.57 bits per heavy atom. The fraction of sp³-hybridized carbons (Fsp3) is 0.600. The Bertz CT molecular complexity index is 556. The molecule has 1 aromatic carbocycles. The Morgan fingerprint density at radius 1 is 1.38 bits per heavy atom. The summed E-state index contributed by atoms with van der Waals surface area (Å²) in [6, 6.07) is 5.89. The Hall–Kier alpha value is -1.11. The Kier molecular flexibility index (Phi) is 6.64. The average Bonchev–Trinajstić information content (AvgIpc) is 2.37. The summed E-state index contributed by atoms with van der Waals surface area (Å²) >= 11 is 0. The topological polar surface area (TPSA) is 72.6 Å². The molecule has 0 spiro atoms.